The number of hydrogen-bond donors (Lipinski definition) is 1. The Morgan fingerprint density at radius 1 is 1.03 bits per heavy atom. The summed E-state index contributed by atoms with van der Waals surface area (Å²) in [4.78, 5) is 8.82. The molecule has 1 aliphatic heterocycles. The standard InChI is InChI=1S/C25H22N2O3/c28-25-20(12-17-4-3-11-26-15-17)13-19-14-22(9-10-24(19)30-25)29-16-21-8-7-18-5-1-2-6-23(18)27-21/h1-11,14-15,20,25,28H,12-13,16H2. The molecule has 30 heavy (non-hydrogen) atoms. The van der Waals surface area contributed by atoms with Gasteiger partial charge in [0.25, 0.3) is 0 Å². The molecule has 4 aromatic rings. The highest BCUT2D eigenvalue weighted by Crippen LogP contribution is 2.34. The van der Waals surface area contributed by atoms with E-state index in [1.54, 1.807) is 6.20 Å². The van der Waals surface area contributed by atoms with Gasteiger partial charge in [0.1, 0.15) is 18.1 Å². The Morgan fingerprint density at radius 3 is 2.87 bits per heavy atom. The molecule has 150 valence electrons. The summed E-state index contributed by atoms with van der Waals surface area (Å²) in [5, 5.41) is 11.5. The van der Waals surface area contributed by atoms with Crippen molar-refractivity contribution in [1.29, 1.82) is 0 Å². The molecular weight excluding hydrogens is 376 g/mol. The molecular formula is C25H22N2O3. The SMILES string of the molecule is OC1Oc2ccc(OCc3ccc4ccccc4n3)cc2CC1Cc1cccnc1. The first-order valence-corrected chi connectivity index (χ1v) is 10.1. The van der Waals surface area contributed by atoms with E-state index in [9.17, 15) is 5.11 Å². The summed E-state index contributed by atoms with van der Waals surface area (Å²) >= 11 is 0. The highest BCUT2D eigenvalue weighted by atomic mass is 16.6. The summed E-state index contributed by atoms with van der Waals surface area (Å²) in [5.74, 6) is 1.45. The lowest BCUT2D eigenvalue weighted by atomic mass is 9.90. The first-order chi connectivity index (χ1) is 14.7. The molecule has 0 saturated heterocycles. The smallest absolute Gasteiger partial charge is 0.200 e. The molecule has 1 aliphatic rings. The van der Waals surface area contributed by atoms with E-state index in [4.69, 9.17) is 9.47 Å². The molecule has 5 heteroatoms. The monoisotopic (exact) mass is 398 g/mol. The fourth-order valence-electron chi connectivity index (χ4n) is 3.87. The molecule has 0 radical (unpaired) electrons. The van der Waals surface area contributed by atoms with Crippen LogP contribution in [-0.2, 0) is 19.4 Å². The van der Waals surface area contributed by atoms with Crippen molar-refractivity contribution in [3.8, 4) is 11.5 Å². The molecule has 1 N–H and O–H groups in total. The van der Waals surface area contributed by atoms with Crippen molar-refractivity contribution in [2.45, 2.75) is 25.7 Å². The molecule has 0 aliphatic carbocycles. The second kappa shape index (κ2) is 8.13. The number of benzene rings is 2. The molecule has 2 aromatic carbocycles. The highest BCUT2D eigenvalue weighted by molar-refractivity contribution is 5.78. The van der Waals surface area contributed by atoms with Crippen LogP contribution in [0, 0.1) is 5.92 Å². The van der Waals surface area contributed by atoms with Gasteiger partial charge in [-0.05, 0) is 60.4 Å². The van der Waals surface area contributed by atoms with Gasteiger partial charge in [0.2, 0.25) is 6.29 Å². The van der Waals surface area contributed by atoms with Crippen LogP contribution in [0.1, 0.15) is 16.8 Å². The van der Waals surface area contributed by atoms with E-state index >= 15 is 0 Å². The van der Waals surface area contributed by atoms with Crippen LogP contribution in [0.2, 0.25) is 0 Å². The van der Waals surface area contributed by atoms with E-state index in [0.29, 0.717) is 18.8 Å². The Labute approximate surface area is 175 Å². The minimum Gasteiger partial charge on any atom is -0.487 e. The predicted octanol–water partition coefficient (Wildman–Crippen LogP) is 4.32. The number of rotatable bonds is 5. The molecule has 0 fully saturated rings. The average molecular weight is 398 g/mol. The third-order valence-electron chi connectivity index (χ3n) is 5.43. The first-order valence-electron chi connectivity index (χ1n) is 10.1. The number of hydrogen-bond acceptors (Lipinski definition) is 5. The van der Waals surface area contributed by atoms with Crippen LogP contribution in [-0.4, -0.2) is 21.4 Å². The molecule has 0 spiro atoms. The number of fused-ring (bicyclic) bond motifs is 2. The zero-order chi connectivity index (χ0) is 20.3. The van der Waals surface area contributed by atoms with Crippen LogP contribution in [0.4, 0.5) is 0 Å². The lowest BCUT2D eigenvalue weighted by Gasteiger charge is -2.30. The van der Waals surface area contributed by atoms with E-state index in [-0.39, 0.29) is 5.92 Å². The number of aliphatic hydroxyl groups is 1. The zero-order valence-corrected chi connectivity index (χ0v) is 16.4. The maximum Gasteiger partial charge on any atom is 0.200 e. The summed E-state index contributed by atoms with van der Waals surface area (Å²) < 4.78 is 11.7. The molecule has 2 unspecified atom stereocenters. The molecule has 5 nitrogen and oxygen atoms in total. The summed E-state index contributed by atoms with van der Waals surface area (Å²) in [6.45, 7) is 0.395. The largest absolute Gasteiger partial charge is 0.487 e. The molecule has 0 amide bonds. The number of aliphatic hydroxyl groups excluding tert-OH is 1. The maximum absolute atomic E-state index is 10.4. The van der Waals surface area contributed by atoms with Crippen molar-refractivity contribution in [3.05, 3.63) is 95.9 Å². The topological polar surface area (TPSA) is 64.5 Å². The summed E-state index contributed by atoms with van der Waals surface area (Å²) in [5.41, 5.74) is 3.97. The van der Waals surface area contributed by atoms with Crippen LogP contribution >= 0.6 is 0 Å². The first kappa shape index (κ1) is 18.6. The molecule has 2 atom stereocenters. The van der Waals surface area contributed by atoms with Gasteiger partial charge in [-0.1, -0.05) is 30.3 Å². The second-order valence-electron chi connectivity index (χ2n) is 7.59. The lowest BCUT2D eigenvalue weighted by Crippen LogP contribution is -2.34. The van der Waals surface area contributed by atoms with Crippen LogP contribution in [0.25, 0.3) is 10.9 Å². The number of nitrogens with zero attached hydrogens (tertiary/aromatic N) is 2. The van der Waals surface area contributed by atoms with Crippen molar-refractivity contribution in [2.75, 3.05) is 0 Å². The number of para-hydroxylation sites is 1. The van der Waals surface area contributed by atoms with Crippen molar-refractivity contribution >= 4 is 10.9 Å². The highest BCUT2D eigenvalue weighted by Gasteiger charge is 2.29. The molecule has 5 rings (SSSR count). The quantitative estimate of drug-likeness (QED) is 0.542. The Kier molecular flexibility index (Phi) is 5.03. The van der Waals surface area contributed by atoms with Gasteiger partial charge in [0.05, 0.1) is 11.2 Å². The lowest BCUT2D eigenvalue weighted by molar-refractivity contribution is -0.0726. The van der Waals surface area contributed by atoms with Gasteiger partial charge >= 0.3 is 0 Å². The van der Waals surface area contributed by atoms with Crippen LogP contribution in [0.3, 0.4) is 0 Å². The minimum absolute atomic E-state index is 0.0286. The van der Waals surface area contributed by atoms with Gasteiger partial charge in [-0.3, -0.25) is 4.98 Å². The van der Waals surface area contributed by atoms with Gasteiger partial charge in [-0.2, -0.15) is 0 Å². The minimum atomic E-state index is -0.828. The Bertz CT molecular complexity index is 1160. The fourth-order valence-corrected chi connectivity index (χ4v) is 3.87. The van der Waals surface area contributed by atoms with Crippen molar-refractivity contribution in [1.82, 2.24) is 9.97 Å². The van der Waals surface area contributed by atoms with Crippen molar-refractivity contribution in [2.24, 2.45) is 5.92 Å². The van der Waals surface area contributed by atoms with Gasteiger partial charge < -0.3 is 14.6 Å². The normalized spacial score (nSPS) is 17.9. The second-order valence-corrected chi connectivity index (χ2v) is 7.59. The molecule has 2 aromatic heterocycles. The van der Waals surface area contributed by atoms with E-state index in [0.717, 1.165) is 39.9 Å². The Balaban J connectivity index is 1.29. The van der Waals surface area contributed by atoms with E-state index in [1.807, 2.05) is 66.9 Å². The Hall–Kier alpha value is -3.44. The van der Waals surface area contributed by atoms with E-state index in [1.165, 1.54) is 0 Å². The maximum atomic E-state index is 10.4. The van der Waals surface area contributed by atoms with Crippen molar-refractivity contribution in [3.63, 3.8) is 0 Å². The number of aromatic nitrogens is 2. The summed E-state index contributed by atoms with van der Waals surface area (Å²) in [6, 6.07) is 21.8. The number of ether oxygens (including phenoxy) is 2. The van der Waals surface area contributed by atoms with Crippen molar-refractivity contribution < 1.29 is 14.6 Å². The van der Waals surface area contributed by atoms with Crippen LogP contribution in [0.5, 0.6) is 11.5 Å². The van der Waals surface area contributed by atoms with Gasteiger partial charge in [0.15, 0.2) is 0 Å². The van der Waals surface area contributed by atoms with Gasteiger partial charge in [0, 0.05) is 23.7 Å². The third-order valence-corrected chi connectivity index (χ3v) is 5.43. The summed E-state index contributed by atoms with van der Waals surface area (Å²) in [7, 11) is 0. The average Bonchev–Trinajstić information content (AvgIpc) is 2.79. The van der Waals surface area contributed by atoms with E-state index in [2.05, 4.69) is 16.0 Å². The molecule has 0 saturated carbocycles. The molecule has 3 heterocycles. The number of pyridine rings is 2. The third kappa shape index (κ3) is 3.98. The van der Waals surface area contributed by atoms with Gasteiger partial charge in [-0.15, -0.1) is 0 Å². The van der Waals surface area contributed by atoms with Crippen LogP contribution < -0.4 is 9.47 Å². The Morgan fingerprint density at radius 2 is 1.97 bits per heavy atom. The van der Waals surface area contributed by atoms with E-state index < -0.39 is 6.29 Å². The zero-order valence-electron chi connectivity index (χ0n) is 16.4. The van der Waals surface area contributed by atoms with Crippen LogP contribution in [0.15, 0.2) is 79.1 Å². The van der Waals surface area contributed by atoms with Gasteiger partial charge in [-0.25, -0.2) is 4.98 Å². The summed E-state index contributed by atoms with van der Waals surface area (Å²) in [6.07, 6.45) is 4.18. The fraction of sp³-hybridized carbons (Fsp3) is 0.200. The molecule has 0 bridgehead atoms. The predicted molar refractivity (Wildman–Crippen MR) is 114 cm³/mol.